The molecule has 0 saturated heterocycles. The molecule has 3 N–H and O–H groups in total. The molecule has 4 heteroatoms. The molecule has 0 aliphatic carbocycles. The fourth-order valence-corrected chi connectivity index (χ4v) is 1.45. The van der Waals surface area contributed by atoms with Crippen molar-refractivity contribution in [3.05, 3.63) is 29.8 Å². The predicted octanol–water partition coefficient (Wildman–Crippen LogP) is -0.184. The Morgan fingerprint density at radius 3 is 2.46 bits per heavy atom. The second-order valence-electron chi connectivity index (χ2n) is 2.78. The van der Waals surface area contributed by atoms with E-state index in [-0.39, 0.29) is 0 Å². The Kier molecular flexibility index (Phi) is 3.82. The number of carboxylic acid groups (broad SMARTS) is 1. The number of rotatable bonds is 3. The topological polar surface area (TPSA) is 63.3 Å². The Morgan fingerprint density at radius 2 is 2.00 bits per heavy atom. The second kappa shape index (κ2) is 4.68. The quantitative estimate of drug-likeness (QED) is 0.772. The molecule has 0 unspecified atom stereocenters. The Bertz CT molecular complexity index is 297. The fraction of sp³-hybridized carbons (Fsp3) is 0.222. The van der Waals surface area contributed by atoms with Crippen molar-refractivity contribution in [1.82, 2.24) is 0 Å². The predicted molar refractivity (Wildman–Crippen MR) is 45.4 cm³/mol. The van der Waals surface area contributed by atoms with Crippen LogP contribution in [0.5, 0.6) is 0 Å². The number of hydrogen-bond donors (Lipinski definition) is 2. The number of carbonyl (C=O) groups is 1. The number of carboxylic acids is 1. The first-order valence-corrected chi connectivity index (χ1v) is 5.29. The molecular formula is C9H10AtNO2. The van der Waals surface area contributed by atoms with Gasteiger partial charge in [0.2, 0.25) is 0 Å². The second-order valence-corrected chi connectivity index (χ2v) is 4.47. The molecule has 1 aromatic carbocycles. The van der Waals surface area contributed by atoms with E-state index in [9.17, 15) is 4.79 Å². The average molecular weight is 374 g/mol. The molecular weight excluding hydrogens is 364 g/mol. The van der Waals surface area contributed by atoms with Gasteiger partial charge in [0.25, 0.3) is 0 Å². The minimum absolute atomic E-state index is 0.391. The number of hydrogen-bond acceptors (Lipinski definition) is 2. The maximum atomic E-state index is 10.4. The molecule has 1 rings (SSSR count). The van der Waals surface area contributed by atoms with Crippen molar-refractivity contribution in [2.45, 2.75) is 12.5 Å². The van der Waals surface area contributed by atoms with Crippen LogP contribution >= 0.6 is 0 Å². The summed E-state index contributed by atoms with van der Waals surface area (Å²) < 4.78 is 1.22. The number of aliphatic carboxylic acids is 1. The first-order chi connectivity index (χ1) is 6.09. The van der Waals surface area contributed by atoms with Crippen molar-refractivity contribution in [3.8, 4) is 0 Å². The molecule has 0 radical (unpaired) electrons. The number of benzene rings is 1. The van der Waals surface area contributed by atoms with E-state index in [1.54, 1.807) is 24.7 Å². The Labute approximate surface area is 91.8 Å². The van der Waals surface area contributed by atoms with Gasteiger partial charge in [-0.25, -0.2) is 0 Å². The first kappa shape index (κ1) is 10.6. The molecule has 0 aliphatic heterocycles. The first-order valence-electron chi connectivity index (χ1n) is 3.82. The van der Waals surface area contributed by atoms with E-state index in [1.165, 1.54) is 3.27 Å². The summed E-state index contributed by atoms with van der Waals surface area (Å²) in [6.07, 6.45) is 0.391. The van der Waals surface area contributed by atoms with Crippen molar-refractivity contribution in [1.29, 1.82) is 0 Å². The molecule has 1 aromatic rings. The van der Waals surface area contributed by atoms with E-state index < -0.39 is 12.0 Å². The monoisotopic (exact) mass is 374 g/mol. The molecule has 0 saturated carbocycles. The Morgan fingerprint density at radius 1 is 1.46 bits per heavy atom. The maximum absolute atomic E-state index is 10.4. The summed E-state index contributed by atoms with van der Waals surface area (Å²) in [7, 11) is 0. The van der Waals surface area contributed by atoms with Crippen molar-refractivity contribution < 1.29 is 34.6 Å². The van der Waals surface area contributed by atoms with Crippen molar-refractivity contribution in [2.24, 2.45) is 5.73 Å². The van der Waals surface area contributed by atoms with Gasteiger partial charge in [0, 0.05) is 0 Å². The van der Waals surface area contributed by atoms with Crippen LogP contribution in [0.3, 0.4) is 0 Å². The van der Waals surface area contributed by atoms with Crippen LogP contribution < -0.4 is 9.01 Å². The summed E-state index contributed by atoms with van der Waals surface area (Å²) in [5, 5.41) is 8.58. The molecule has 70 valence electrons. The molecule has 0 heterocycles. The minimum atomic E-state index is -0.954. The van der Waals surface area contributed by atoms with Gasteiger partial charge in [-0.15, -0.1) is 0 Å². The van der Waals surface area contributed by atoms with E-state index >= 15 is 0 Å². The van der Waals surface area contributed by atoms with E-state index in [0.29, 0.717) is 6.42 Å². The van der Waals surface area contributed by atoms with Crippen LogP contribution in [0.1, 0.15) is 5.56 Å². The number of nitrogens with two attached hydrogens (primary N) is 1. The normalized spacial score (nSPS) is 12.5. The van der Waals surface area contributed by atoms with Gasteiger partial charge < -0.3 is 0 Å². The van der Waals surface area contributed by atoms with E-state index in [4.69, 9.17) is 10.8 Å². The van der Waals surface area contributed by atoms with Crippen molar-refractivity contribution in [3.63, 3.8) is 0 Å². The average Bonchev–Trinajstić information content (AvgIpc) is 2.08. The molecule has 0 bridgehead atoms. The molecule has 0 fully saturated rings. The summed E-state index contributed by atoms with van der Waals surface area (Å²) >= 11 is 1.60. The molecule has 3 nitrogen and oxygen atoms in total. The van der Waals surface area contributed by atoms with Gasteiger partial charge in [-0.3, -0.25) is 0 Å². The van der Waals surface area contributed by atoms with Gasteiger partial charge in [0.1, 0.15) is 0 Å². The molecule has 13 heavy (non-hydrogen) atoms. The standard InChI is InChI=1S/C9H10AtNO2/c10-7-3-1-6(2-4-7)5-8(11)9(12)13/h1-4,8H,5,11H2,(H,12,13)/t8-/m0/s1. The van der Waals surface area contributed by atoms with Crippen LogP contribution in [0.2, 0.25) is 0 Å². The summed E-state index contributed by atoms with van der Waals surface area (Å²) in [6, 6.07) is 6.98. The zero-order valence-corrected chi connectivity index (χ0v) is 9.84. The van der Waals surface area contributed by atoms with Crippen LogP contribution in [0.25, 0.3) is 0 Å². The Balaban J connectivity index is 2.64. The van der Waals surface area contributed by atoms with Gasteiger partial charge in [-0.1, -0.05) is 0 Å². The molecule has 0 spiro atoms. The summed E-state index contributed by atoms with van der Waals surface area (Å²) in [5.41, 5.74) is 6.36. The third-order valence-electron chi connectivity index (χ3n) is 1.69. The van der Waals surface area contributed by atoms with Gasteiger partial charge in [0.05, 0.1) is 0 Å². The van der Waals surface area contributed by atoms with Crippen LogP contribution in [-0.2, 0) is 11.2 Å². The summed E-state index contributed by atoms with van der Waals surface area (Å²) in [4.78, 5) is 10.4. The van der Waals surface area contributed by atoms with Crippen LogP contribution in [0.4, 0.5) is 0 Å². The molecule has 0 amide bonds. The van der Waals surface area contributed by atoms with Crippen LogP contribution in [-0.4, -0.2) is 17.1 Å². The third kappa shape index (κ3) is 3.41. The summed E-state index contributed by atoms with van der Waals surface area (Å²) in [6.45, 7) is 0. The fourth-order valence-electron chi connectivity index (χ4n) is 0.962. The molecule has 0 aliphatic rings. The summed E-state index contributed by atoms with van der Waals surface area (Å²) in [5.74, 6) is -0.954. The van der Waals surface area contributed by atoms with Crippen molar-refractivity contribution in [2.75, 3.05) is 0 Å². The van der Waals surface area contributed by atoms with E-state index in [0.717, 1.165) is 5.56 Å². The van der Waals surface area contributed by atoms with Gasteiger partial charge in [-0.05, 0) is 0 Å². The van der Waals surface area contributed by atoms with Crippen LogP contribution in [0, 0.1) is 24.7 Å². The van der Waals surface area contributed by atoms with Gasteiger partial charge in [0.15, 0.2) is 0 Å². The van der Waals surface area contributed by atoms with Crippen molar-refractivity contribution >= 4 is 9.24 Å². The zero-order valence-electron chi connectivity index (χ0n) is 6.90. The Hall–Kier alpha value is -0.467. The zero-order chi connectivity index (χ0) is 9.84. The third-order valence-corrected chi connectivity index (χ3v) is 2.67. The SMILES string of the molecule is N[C@@H](Cc1ccc([At])cc1)C(=O)O. The van der Waals surface area contributed by atoms with E-state index in [1.807, 2.05) is 24.3 Å². The molecule has 1 atom stereocenters. The van der Waals surface area contributed by atoms with Gasteiger partial charge in [-0.2, -0.15) is 0 Å². The van der Waals surface area contributed by atoms with Crippen LogP contribution in [0.15, 0.2) is 24.3 Å². The van der Waals surface area contributed by atoms with E-state index in [2.05, 4.69) is 0 Å². The molecule has 0 aromatic heterocycles. The van der Waals surface area contributed by atoms with Gasteiger partial charge >= 0.3 is 91.9 Å².